The van der Waals surface area contributed by atoms with Crippen LogP contribution in [0, 0.1) is 0 Å². The summed E-state index contributed by atoms with van der Waals surface area (Å²) in [7, 11) is 1.54. The van der Waals surface area contributed by atoms with Crippen molar-refractivity contribution in [3.05, 3.63) is 24.3 Å². The minimum Gasteiger partial charge on any atom is -0.481 e. The van der Waals surface area contributed by atoms with Crippen molar-refractivity contribution < 1.29 is 14.7 Å². The van der Waals surface area contributed by atoms with Gasteiger partial charge in [-0.15, -0.1) is 5.10 Å². The van der Waals surface area contributed by atoms with Crippen molar-refractivity contribution in [3.8, 4) is 11.4 Å². The van der Waals surface area contributed by atoms with Gasteiger partial charge in [-0.1, -0.05) is 12.1 Å². The van der Waals surface area contributed by atoms with E-state index in [4.69, 9.17) is 5.11 Å². The lowest BCUT2D eigenvalue weighted by atomic mass is 10.1. The third kappa shape index (κ3) is 4.06. The topological polar surface area (TPSA) is 113 Å². The van der Waals surface area contributed by atoms with E-state index in [1.807, 2.05) is 26.0 Å². The Kier molecular flexibility index (Phi) is 5.46. The molecule has 9 heteroatoms. The van der Waals surface area contributed by atoms with Crippen LogP contribution < -0.4 is 5.32 Å². The number of hydrogen-bond acceptors (Lipinski definition) is 5. The monoisotopic (exact) mass is 332 g/mol. The summed E-state index contributed by atoms with van der Waals surface area (Å²) in [6.07, 6.45) is -0.114. The molecule has 2 aromatic rings. The average molecular weight is 332 g/mol. The summed E-state index contributed by atoms with van der Waals surface area (Å²) in [6, 6.07) is 6.86. The number of anilines is 1. The lowest BCUT2D eigenvalue weighted by Gasteiger charge is -2.18. The largest absolute Gasteiger partial charge is 0.481 e. The van der Waals surface area contributed by atoms with Crippen molar-refractivity contribution in [2.45, 2.75) is 26.3 Å². The molecular weight excluding hydrogens is 312 g/mol. The molecule has 2 rings (SSSR count). The second-order valence-electron chi connectivity index (χ2n) is 5.58. The number of nitrogens with zero attached hydrogens (tertiary/aromatic N) is 5. The van der Waals surface area contributed by atoms with Gasteiger partial charge in [0.05, 0.1) is 18.2 Å². The van der Waals surface area contributed by atoms with Gasteiger partial charge >= 0.3 is 12.0 Å². The predicted octanol–water partition coefficient (Wildman–Crippen LogP) is 1.86. The number of hydrogen-bond donors (Lipinski definition) is 2. The molecule has 24 heavy (non-hydrogen) atoms. The number of carbonyl (C=O) groups excluding carboxylic acids is 1. The Balaban J connectivity index is 2.22. The van der Waals surface area contributed by atoms with E-state index in [0.717, 1.165) is 0 Å². The summed E-state index contributed by atoms with van der Waals surface area (Å²) in [5, 5.41) is 23.2. The summed E-state index contributed by atoms with van der Waals surface area (Å²) in [5.41, 5.74) is 1.25. The Morgan fingerprint density at radius 2 is 2.04 bits per heavy atom. The zero-order chi connectivity index (χ0) is 17.7. The highest BCUT2D eigenvalue weighted by Gasteiger charge is 2.17. The molecule has 0 aliphatic carbocycles. The second-order valence-corrected chi connectivity index (χ2v) is 5.58. The smallest absolute Gasteiger partial charge is 0.321 e. The summed E-state index contributed by atoms with van der Waals surface area (Å²) >= 11 is 0. The number of benzene rings is 1. The average Bonchev–Trinajstić information content (AvgIpc) is 3.02. The molecule has 1 aromatic heterocycles. The quantitative estimate of drug-likeness (QED) is 0.834. The van der Waals surface area contributed by atoms with Crippen LogP contribution in [0.5, 0.6) is 0 Å². The van der Waals surface area contributed by atoms with Crippen molar-refractivity contribution >= 4 is 17.7 Å². The van der Waals surface area contributed by atoms with E-state index >= 15 is 0 Å². The van der Waals surface area contributed by atoms with Gasteiger partial charge < -0.3 is 15.3 Å². The van der Waals surface area contributed by atoms with Crippen LogP contribution in [0.4, 0.5) is 10.5 Å². The zero-order valence-corrected chi connectivity index (χ0v) is 13.8. The van der Waals surface area contributed by atoms with E-state index in [2.05, 4.69) is 20.8 Å². The molecule has 9 nitrogen and oxygen atoms in total. The molecule has 0 bridgehead atoms. The lowest BCUT2D eigenvalue weighted by molar-refractivity contribution is -0.137. The van der Waals surface area contributed by atoms with Crippen molar-refractivity contribution in [2.75, 3.05) is 18.9 Å². The van der Waals surface area contributed by atoms with Gasteiger partial charge in [-0.2, -0.15) is 0 Å². The molecule has 0 atom stereocenters. The number of tetrazole rings is 1. The van der Waals surface area contributed by atoms with E-state index < -0.39 is 12.0 Å². The number of amides is 2. The van der Waals surface area contributed by atoms with Gasteiger partial charge in [-0.05, 0) is 36.4 Å². The molecule has 2 amide bonds. The normalized spacial score (nSPS) is 10.7. The fourth-order valence-electron chi connectivity index (χ4n) is 2.08. The molecule has 0 aliphatic rings. The Morgan fingerprint density at radius 3 is 2.71 bits per heavy atom. The molecule has 0 spiro atoms. The van der Waals surface area contributed by atoms with E-state index in [0.29, 0.717) is 17.1 Å². The van der Waals surface area contributed by atoms with E-state index in [1.54, 1.807) is 23.9 Å². The first-order valence-electron chi connectivity index (χ1n) is 7.51. The van der Waals surface area contributed by atoms with Crippen LogP contribution in [0.15, 0.2) is 24.3 Å². The van der Waals surface area contributed by atoms with Crippen molar-refractivity contribution in [1.82, 2.24) is 25.1 Å². The van der Waals surface area contributed by atoms with Crippen LogP contribution in [0.1, 0.15) is 26.3 Å². The molecule has 2 N–H and O–H groups in total. The van der Waals surface area contributed by atoms with E-state index in [1.165, 1.54) is 4.90 Å². The standard InChI is InChI=1S/C15H20N6O3/c1-10(2)21-14(17-18-19-21)11-6-4-5-7-12(11)16-15(24)20(3)9-8-13(22)23/h4-7,10H,8-9H2,1-3H3,(H,16,24)(H,22,23). The first-order valence-corrected chi connectivity index (χ1v) is 7.51. The third-order valence-corrected chi connectivity index (χ3v) is 3.40. The first kappa shape index (κ1) is 17.4. The summed E-state index contributed by atoms with van der Waals surface area (Å²) in [4.78, 5) is 24.2. The van der Waals surface area contributed by atoms with Crippen LogP contribution in [0.3, 0.4) is 0 Å². The number of para-hydroxylation sites is 1. The Morgan fingerprint density at radius 1 is 1.33 bits per heavy atom. The number of rotatable bonds is 6. The van der Waals surface area contributed by atoms with Gasteiger partial charge in [0.2, 0.25) is 0 Å². The number of aliphatic carboxylic acids is 1. The molecule has 0 unspecified atom stereocenters. The number of carboxylic acid groups (broad SMARTS) is 1. The third-order valence-electron chi connectivity index (χ3n) is 3.40. The molecular formula is C15H20N6O3. The maximum Gasteiger partial charge on any atom is 0.321 e. The number of aromatic nitrogens is 4. The fraction of sp³-hybridized carbons (Fsp3) is 0.400. The van der Waals surface area contributed by atoms with E-state index in [-0.39, 0.29) is 19.0 Å². The minimum atomic E-state index is -0.953. The number of urea groups is 1. The zero-order valence-electron chi connectivity index (χ0n) is 13.8. The van der Waals surface area contributed by atoms with Crippen molar-refractivity contribution in [1.29, 1.82) is 0 Å². The Hall–Kier alpha value is -2.97. The summed E-state index contributed by atoms with van der Waals surface area (Å²) in [5.74, 6) is -0.403. The summed E-state index contributed by atoms with van der Waals surface area (Å²) < 4.78 is 1.67. The maximum atomic E-state index is 12.2. The molecule has 0 radical (unpaired) electrons. The molecule has 1 aromatic carbocycles. The van der Waals surface area contributed by atoms with E-state index in [9.17, 15) is 9.59 Å². The van der Waals surface area contributed by atoms with Gasteiger partial charge in [0.1, 0.15) is 0 Å². The van der Waals surface area contributed by atoms with Crippen LogP contribution in [-0.2, 0) is 4.79 Å². The van der Waals surface area contributed by atoms with Crippen LogP contribution >= 0.6 is 0 Å². The van der Waals surface area contributed by atoms with Crippen molar-refractivity contribution in [2.24, 2.45) is 0 Å². The number of carbonyl (C=O) groups is 2. The molecule has 0 saturated carbocycles. The molecule has 0 fully saturated rings. The predicted molar refractivity (Wildman–Crippen MR) is 87.5 cm³/mol. The highest BCUT2D eigenvalue weighted by Crippen LogP contribution is 2.27. The van der Waals surface area contributed by atoms with Gasteiger partial charge in [0.15, 0.2) is 5.82 Å². The minimum absolute atomic E-state index is 0.0667. The molecule has 1 heterocycles. The Bertz CT molecular complexity index is 728. The molecule has 0 aliphatic heterocycles. The highest BCUT2D eigenvalue weighted by molar-refractivity contribution is 5.93. The highest BCUT2D eigenvalue weighted by atomic mass is 16.4. The van der Waals surface area contributed by atoms with Crippen LogP contribution in [0.2, 0.25) is 0 Å². The second kappa shape index (κ2) is 7.53. The van der Waals surface area contributed by atoms with Gasteiger partial charge in [-0.3, -0.25) is 4.79 Å². The summed E-state index contributed by atoms with van der Waals surface area (Å²) in [6.45, 7) is 4.04. The maximum absolute atomic E-state index is 12.2. The lowest BCUT2D eigenvalue weighted by Crippen LogP contribution is -2.33. The number of nitrogens with one attached hydrogen (secondary N) is 1. The Labute approximate surface area is 139 Å². The SMILES string of the molecule is CC(C)n1nnnc1-c1ccccc1NC(=O)N(C)CCC(=O)O. The molecule has 128 valence electrons. The first-order chi connectivity index (χ1) is 11.4. The molecule has 0 saturated heterocycles. The van der Waals surface area contributed by atoms with Gasteiger partial charge in [0, 0.05) is 19.2 Å². The van der Waals surface area contributed by atoms with Crippen molar-refractivity contribution in [3.63, 3.8) is 0 Å². The number of carboxylic acids is 1. The fourth-order valence-corrected chi connectivity index (χ4v) is 2.08. The van der Waals surface area contributed by atoms with Crippen LogP contribution in [-0.4, -0.2) is 55.8 Å². The van der Waals surface area contributed by atoms with Gasteiger partial charge in [-0.25, -0.2) is 9.48 Å². The van der Waals surface area contributed by atoms with Crippen LogP contribution in [0.25, 0.3) is 11.4 Å². The van der Waals surface area contributed by atoms with Gasteiger partial charge in [0.25, 0.3) is 0 Å².